The van der Waals surface area contributed by atoms with Crippen molar-refractivity contribution in [2.24, 2.45) is 5.84 Å². The van der Waals surface area contributed by atoms with Gasteiger partial charge in [-0.3, -0.25) is 15.5 Å². The number of benzene rings is 1. The van der Waals surface area contributed by atoms with Crippen LogP contribution in [0.4, 0.5) is 11.6 Å². The van der Waals surface area contributed by atoms with Crippen LogP contribution in [0.25, 0.3) is 0 Å². The zero-order chi connectivity index (χ0) is 15.4. The first-order valence-electron chi connectivity index (χ1n) is 5.54. The minimum Gasteiger partial charge on any atom is -0.497 e. The Bertz CT molecular complexity index is 682. The van der Waals surface area contributed by atoms with Crippen LogP contribution in [0, 0.1) is 10.1 Å². The molecule has 1 aromatic heterocycles. The largest absolute Gasteiger partial charge is 0.497 e. The van der Waals surface area contributed by atoms with Gasteiger partial charge in [0.2, 0.25) is 17.6 Å². The van der Waals surface area contributed by atoms with E-state index < -0.39 is 4.92 Å². The fraction of sp³-hybridized carbons (Fsp3) is 0.0909. The molecule has 0 unspecified atom stereocenters. The molecule has 21 heavy (non-hydrogen) atoms. The molecule has 2 rings (SSSR count). The maximum absolute atomic E-state index is 11.0. The Hall–Kier alpha value is -2.65. The van der Waals surface area contributed by atoms with Crippen LogP contribution in [-0.2, 0) is 0 Å². The van der Waals surface area contributed by atoms with Crippen molar-refractivity contribution in [2.45, 2.75) is 0 Å². The molecule has 0 aliphatic carbocycles. The quantitative estimate of drug-likeness (QED) is 0.488. The van der Waals surface area contributed by atoms with Crippen LogP contribution in [0.5, 0.6) is 17.4 Å². The maximum atomic E-state index is 11.0. The second-order valence-electron chi connectivity index (χ2n) is 3.68. The van der Waals surface area contributed by atoms with Crippen LogP contribution in [0.3, 0.4) is 0 Å². The molecule has 1 aromatic carbocycles. The van der Waals surface area contributed by atoms with E-state index in [-0.39, 0.29) is 28.3 Å². The van der Waals surface area contributed by atoms with E-state index in [2.05, 4.69) is 15.4 Å². The summed E-state index contributed by atoms with van der Waals surface area (Å²) in [6, 6.07) is 4.05. The van der Waals surface area contributed by atoms with E-state index in [1.807, 2.05) is 0 Å². The Morgan fingerprint density at radius 2 is 2.24 bits per heavy atom. The van der Waals surface area contributed by atoms with E-state index in [0.29, 0.717) is 5.75 Å². The summed E-state index contributed by atoms with van der Waals surface area (Å²) >= 11 is 5.89. The van der Waals surface area contributed by atoms with Gasteiger partial charge in [0.1, 0.15) is 10.8 Å². The Morgan fingerprint density at radius 1 is 1.48 bits per heavy atom. The van der Waals surface area contributed by atoms with Gasteiger partial charge in [0.15, 0.2) is 0 Å². The minimum atomic E-state index is -0.591. The second-order valence-corrected chi connectivity index (χ2v) is 4.09. The minimum absolute atomic E-state index is 0.0555. The van der Waals surface area contributed by atoms with Crippen molar-refractivity contribution in [3.63, 3.8) is 0 Å². The van der Waals surface area contributed by atoms with Crippen LogP contribution in [0.15, 0.2) is 24.4 Å². The molecule has 3 N–H and O–H groups in total. The molecule has 0 saturated heterocycles. The van der Waals surface area contributed by atoms with Crippen LogP contribution >= 0.6 is 11.6 Å². The number of methoxy groups -OCH3 is 1. The molecule has 0 amide bonds. The van der Waals surface area contributed by atoms with E-state index in [9.17, 15) is 10.1 Å². The summed E-state index contributed by atoms with van der Waals surface area (Å²) in [5.41, 5.74) is 1.96. The van der Waals surface area contributed by atoms with Gasteiger partial charge in [0, 0.05) is 12.1 Å². The van der Waals surface area contributed by atoms with Crippen molar-refractivity contribution < 1.29 is 14.4 Å². The molecule has 0 saturated carbocycles. The van der Waals surface area contributed by atoms with Gasteiger partial charge in [-0.15, -0.1) is 0 Å². The first kappa shape index (κ1) is 14.8. The third kappa shape index (κ3) is 3.27. The lowest BCUT2D eigenvalue weighted by atomic mass is 10.3. The van der Waals surface area contributed by atoms with Crippen molar-refractivity contribution in [3.05, 3.63) is 39.5 Å². The molecule has 0 bridgehead atoms. The van der Waals surface area contributed by atoms with E-state index in [4.69, 9.17) is 26.9 Å². The number of ether oxygens (including phenoxy) is 2. The lowest BCUT2D eigenvalue weighted by Gasteiger charge is -2.09. The zero-order valence-corrected chi connectivity index (χ0v) is 11.5. The molecular weight excluding hydrogens is 302 g/mol. The summed E-state index contributed by atoms with van der Waals surface area (Å²) in [6.07, 6.45) is 1.26. The first-order chi connectivity index (χ1) is 10.0. The van der Waals surface area contributed by atoms with E-state index >= 15 is 0 Å². The van der Waals surface area contributed by atoms with Crippen LogP contribution in [0.2, 0.25) is 5.02 Å². The highest BCUT2D eigenvalue weighted by atomic mass is 35.5. The fourth-order valence-electron chi connectivity index (χ4n) is 1.45. The molecule has 0 radical (unpaired) electrons. The Labute approximate surface area is 123 Å². The van der Waals surface area contributed by atoms with Gasteiger partial charge in [0.25, 0.3) is 0 Å². The lowest BCUT2D eigenvalue weighted by Crippen LogP contribution is -2.10. The summed E-state index contributed by atoms with van der Waals surface area (Å²) in [4.78, 5) is 18.1. The van der Waals surface area contributed by atoms with Gasteiger partial charge in [0.05, 0.1) is 18.2 Å². The number of nitro benzene ring substituents is 1. The van der Waals surface area contributed by atoms with Gasteiger partial charge >= 0.3 is 5.69 Å². The third-order valence-corrected chi connectivity index (χ3v) is 2.67. The van der Waals surface area contributed by atoms with E-state index in [0.717, 1.165) is 0 Å². The number of nitrogens with one attached hydrogen (secondary N) is 1. The molecule has 110 valence electrons. The number of hydrazine groups is 1. The highest BCUT2D eigenvalue weighted by Crippen LogP contribution is 2.36. The van der Waals surface area contributed by atoms with Gasteiger partial charge in [-0.2, -0.15) is 4.98 Å². The Kier molecular flexibility index (Phi) is 4.36. The van der Waals surface area contributed by atoms with Crippen molar-refractivity contribution in [3.8, 4) is 17.4 Å². The number of anilines is 1. The molecular formula is C11H10ClN5O4. The number of nitrogens with two attached hydrogens (primary N) is 1. The average Bonchev–Trinajstić information content (AvgIpc) is 2.49. The lowest BCUT2D eigenvalue weighted by molar-refractivity contribution is -0.385. The van der Waals surface area contributed by atoms with Gasteiger partial charge < -0.3 is 9.47 Å². The maximum Gasteiger partial charge on any atom is 0.311 e. The standard InChI is InChI=1S/C11H10ClN5O4/c1-20-6-2-3-8(17(18)19)9(4-6)21-10-7(12)5-14-11(15-10)16-13/h2-5H,13H2,1H3,(H,14,15,16). The first-order valence-corrected chi connectivity index (χ1v) is 5.92. The smallest absolute Gasteiger partial charge is 0.311 e. The van der Waals surface area contributed by atoms with E-state index in [1.165, 1.54) is 31.5 Å². The number of hydrogen-bond donors (Lipinski definition) is 2. The number of nitrogen functional groups attached to an aromatic ring is 1. The van der Waals surface area contributed by atoms with Crippen LogP contribution < -0.4 is 20.7 Å². The van der Waals surface area contributed by atoms with Gasteiger partial charge in [-0.1, -0.05) is 11.6 Å². The molecule has 0 atom stereocenters. The molecule has 2 aromatic rings. The predicted octanol–water partition coefficient (Wildman–Crippen LogP) is 2.12. The number of rotatable bonds is 5. The summed E-state index contributed by atoms with van der Waals surface area (Å²) in [5.74, 6) is 5.49. The monoisotopic (exact) mass is 311 g/mol. The van der Waals surface area contributed by atoms with Crippen molar-refractivity contribution in [1.82, 2.24) is 9.97 Å². The summed E-state index contributed by atoms with van der Waals surface area (Å²) in [6.45, 7) is 0. The topological polar surface area (TPSA) is 125 Å². The fourth-order valence-corrected chi connectivity index (χ4v) is 1.58. The summed E-state index contributed by atoms with van der Waals surface area (Å²) < 4.78 is 10.4. The number of hydrogen-bond acceptors (Lipinski definition) is 8. The molecule has 0 aliphatic heterocycles. The number of halogens is 1. The van der Waals surface area contributed by atoms with Gasteiger partial charge in [-0.05, 0) is 6.07 Å². The molecule has 0 fully saturated rings. The molecule has 0 aliphatic rings. The van der Waals surface area contributed by atoms with Crippen LogP contribution in [0.1, 0.15) is 0 Å². The Balaban J connectivity index is 2.44. The van der Waals surface area contributed by atoms with Crippen molar-refractivity contribution in [2.75, 3.05) is 12.5 Å². The molecule has 1 heterocycles. The zero-order valence-electron chi connectivity index (χ0n) is 10.7. The third-order valence-electron chi connectivity index (χ3n) is 2.41. The molecule has 0 spiro atoms. The number of aromatic nitrogens is 2. The van der Waals surface area contributed by atoms with Crippen molar-refractivity contribution >= 4 is 23.2 Å². The number of nitro groups is 1. The summed E-state index contributed by atoms with van der Waals surface area (Å²) in [5, 5.41) is 11.1. The molecule has 10 heteroatoms. The highest BCUT2D eigenvalue weighted by Gasteiger charge is 2.19. The van der Waals surface area contributed by atoms with Crippen molar-refractivity contribution in [1.29, 1.82) is 0 Å². The highest BCUT2D eigenvalue weighted by molar-refractivity contribution is 6.31. The Morgan fingerprint density at radius 3 is 2.86 bits per heavy atom. The summed E-state index contributed by atoms with van der Waals surface area (Å²) in [7, 11) is 1.43. The average molecular weight is 312 g/mol. The van der Waals surface area contributed by atoms with Crippen LogP contribution in [-0.4, -0.2) is 22.0 Å². The predicted molar refractivity (Wildman–Crippen MR) is 74.6 cm³/mol. The second kappa shape index (κ2) is 6.20. The SMILES string of the molecule is COc1ccc([N+](=O)[O-])c(Oc2nc(NN)ncc2Cl)c1. The number of nitrogens with zero attached hydrogens (tertiary/aromatic N) is 3. The molecule has 9 nitrogen and oxygen atoms in total. The van der Waals surface area contributed by atoms with E-state index in [1.54, 1.807) is 0 Å². The normalized spacial score (nSPS) is 10.0. The van der Waals surface area contributed by atoms with Gasteiger partial charge in [-0.25, -0.2) is 10.8 Å².